The van der Waals surface area contributed by atoms with Crippen LogP contribution in [0.1, 0.15) is 19.2 Å². The molecule has 2 rings (SSSR count). The van der Waals surface area contributed by atoms with E-state index in [4.69, 9.17) is 11.6 Å². The van der Waals surface area contributed by atoms with E-state index >= 15 is 0 Å². The van der Waals surface area contributed by atoms with Gasteiger partial charge >= 0.3 is 0 Å². The second-order valence-electron chi connectivity index (χ2n) is 4.36. The second-order valence-corrected chi connectivity index (χ2v) is 5.96. The van der Waals surface area contributed by atoms with Gasteiger partial charge in [0.1, 0.15) is 17.5 Å². The van der Waals surface area contributed by atoms with E-state index in [0.717, 1.165) is 44.7 Å². The molecular formula is C14H16ClIN4. The first kappa shape index (κ1) is 15.3. The molecule has 0 aliphatic heterocycles. The first-order chi connectivity index (χ1) is 9.58. The van der Waals surface area contributed by atoms with Crippen LogP contribution in [0.4, 0.5) is 17.3 Å². The topological polar surface area (TPSA) is 49.8 Å². The molecule has 0 saturated carbocycles. The van der Waals surface area contributed by atoms with E-state index in [0.29, 0.717) is 0 Å². The molecule has 106 valence electrons. The summed E-state index contributed by atoms with van der Waals surface area (Å²) in [5.41, 5.74) is 0.981. The Bertz CT molecular complexity index is 604. The van der Waals surface area contributed by atoms with Crippen LogP contribution in [0.2, 0.25) is 5.02 Å². The lowest BCUT2D eigenvalue weighted by atomic mass is 10.3. The Labute approximate surface area is 137 Å². The predicted octanol–water partition coefficient (Wildman–Crippen LogP) is 4.61. The van der Waals surface area contributed by atoms with Gasteiger partial charge in [-0.3, -0.25) is 0 Å². The molecule has 0 amide bonds. The van der Waals surface area contributed by atoms with Gasteiger partial charge in [0.25, 0.3) is 0 Å². The number of hydrogen-bond donors (Lipinski definition) is 2. The number of rotatable bonds is 5. The largest absolute Gasteiger partial charge is 0.370 e. The van der Waals surface area contributed by atoms with Crippen LogP contribution in [0.15, 0.2) is 24.3 Å². The summed E-state index contributed by atoms with van der Waals surface area (Å²) in [6.45, 7) is 4.90. The maximum absolute atomic E-state index is 5.96. The Kier molecular flexibility index (Phi) is 5.42. The predicted molar refractivity (Wildman–Crippen MR) is 93.0 cm³/mol. The molecule has 0 spiro atoms. The number of anilines is 3. The van der Waals surface area contributed by atoms with Crippen LogP contribution >= 0.6 is 34.2 Å². The van der Waals surface area contributed by atoms with E-state index in [2.05, 4.69) is 50.1 Å². The van der Waals surface area contributed by atoms with Gasteiger partial charge in [0, 0.05) is 21.2 Å². The van der Waals surface area contributed by atoms with Crippen molar-refractivity contribution in [2.24, 2.45) is 0 Å². The van der Waals surface area contributed by atoms with Gasteiger partial charge in [-0.25, -0.2) is 9.97 Å². The molecule has 0 aliphatic rings. The van der Waals surface area contributed by atoms with Gasteiger partial charge in [-0.1, -0.05) is 18.5 Å². The molecule has 1 aromatic heterocycles. The maximum atomic E-state index is 5.96. The summed E-state index contributed by atoms with van der Waals surface area (Å²) < 4.78 is 1.05. The van der Waals surface area contributed by atoms with Crippen molar-refractivity contribution < 1.29 is 0 Å². The molecule has 6 heteroatoms. The van der Waals surface area contributed by atoms with Gasteiger partial charge < -0.3 is 10.6 Å². The minimum atomic E-state index is 0.726. The van der Waals surface area contributed by atoms with Crippen LogP contribution in [-0.2, 0) is 0 Å². The molecular weight excluding hydrogens is 387 g/mol. The summed E-state index contributed by atoms with van der Waals surface area (Å²) in [6.07, 6.45) is 1.06. The Morgan fingerprint density at radius 3 is 2.65 bits per heavy atom. The number of nitrogens with one attached hydrogen (secondary N) is 2. The summed E-state index contributed by atoms with van der Waals surface area (Å²) in [4.78, 5) is 8.77. The standard InChI is InChI=1S/C14H16ClIN4/c1-3-6-17-13-8-14(19-9(2)18-13)20-12-5-4-10(15)7-11(12)16/h4-5,7-8H,3,6H2,1-2H3,(H2,17,18,19,20). The zero-order chi connectivity index (χ0) is 14.5. The molecule has 4 nitrogen and oxygen atoms in total. The molecule has 2 aromatic rings. The Morgan fingerprint density at radius 1 is 1.20 bits per heavy atom. The average molecular weight is 403 g/mol. The van der Waals surface area contributed by atoms with Crippen LogP contribution in [-0.4, -0.2) is 16.5 Å². The highest BCUT2D eigenvalue weighted by atomic mass is 127. The SMILES string of the molecule is CCCNc1cc(Nc2ccc(Cl)cc2I)nc(C)n1. The Morgan fingerprint density at radius 2 is 1.95 bits per heavy atom. The number of aryl methyl sites for hydroxylation is 1. The third kappa shape index (κ3) is 4.21. The van der Waals surface area contributed by atoms with Crippen molar-refractivity contribution in [3.8, 4) is 0 Å². The van der Waals surface area contributed by atoms with E-state index in [1.807, 2.05) is 31.2 Å². The average Bonchev–Trinajstić information content (AvgIpc) is 2.39. The molecule has 0 aliphatic carbocycles. The third-order valence-corrected chi connectivity index (χ3v) is 3.72. The third-order valence-electron chi connectivity index (χ3n) is 2.59. The van der Waals surface area contributed by atoms with E-state index in [-0.39, 0.29) is 0 Å². The van der Waals surface area contributed by atoms with Crippen molar-refractivity contribution in [2.45, 2.75) is 20.3 Å². The van der Waals surface area contributed by atoms with Crippen LogP contribution < -0.4 is 10.6 Å². The lowest BCUT2D eigenvalue weighted by molar-refractivity contribution is 0.955. The van der Waals surface area contributed by atoms with Gasteiger partial charge in [-0.2, -0.15) is 0 Å². The fourth-order valence-electron chi connectivity index (χ4n) is 1.70. The minimum absolute atomic E-state index is 0.726. The summed E-state index contributed by atoms with van der Waals surface area (Å²) in [5, 5.41) is 7.30. The quantitative estimate of drug-likeness (QED) is 0.717. The van der Waals surface area contributed by atoms with Crippen LogP contribution in [0.25, 0.3) is 0 Å². The fraction of sp³-hybridized carbons (Fsp3) is 0.286. The van der Waals surface area contributed by atoms with Crippen molar-refractivity contribution >= 4 is 51.5 Å². The molecule has 2 N–H and O–H groups in total. The normalized spacial score (nSPS) is 10.4. The Hall–Kier alpha value is -1.08. The molecule has 20 heavy (non-hydrogen) atoms. The first-order valence-corrected chi connectivity index (χ1v) is 7.86. The number of halogens is 2. The zero-order valence-electron chi connectivity index (χ0n) is 11.4. The van der Waals surface area contributed by atoms with Crippen molar-refractivity contribution in [3.05, 3.63) is 38.7 Å². The lowest BCUT2D eigenvalue weighted by Gasteiger charge is -2.11. The van der Waals surface area contributed by atoms with Crippen molar-refractivity contribution in [2.75, 3.05) is 17.2 Å². The van der Waals surface area contributed by atoms with Gasteiger partial charge in [0.15, 0.2) is 0 Å². The number of nitrogens with zero attached hydrogens (tertiary/aromatic N) is 2. The number of hydrogen-bond acceptors (Lipinski definition) is 4. The molecule has 0 bridgehead atoms. The highest BCUT2D eigenvalue weighted by Gasteiger charge is 2.05. The molecule has 1 aromatic carbocycles. The van der Waals surface area contributed by atoms with Crippen molar-refractivity contribution in [1.82, 2.24) is 9.97 Å². The van der Waals surface area contributed by atoms with E-state index in [1.165, 1.54) is 0 Å². The van der Waals surface area contributed by atoms with Gasteiger partial charge in [-0.05, 0) is 54.1 Å². The highest BCUT2D eigenvalue weighted by molar-refractivity contribution is 14.1. The van der Waals surface area contributed by atoms with Gasteiger partial charge in [0.2, 0.25) is 0 Å². The van der Waals surface area contributed by atoms with Crippen molar-refractivity contribution in [3.63, 3.8) is 0 Å². The number of benzene rings is 1. The van der Waals surface area contributed by atoms with Gasteiger partial charge in [-0.15, -0.1) is 0 Å². The molecule has 0 unspecified atom stereocenters. The smallest absolute Gasteiger partial charge is 0.136 e. The summed E-state index contributed by atoms with van der Waals surface area (Å²) in [5.74, 6) is 2.35. The molecule has 1 heterocycles. The van der Waals surface area contributed by atoms with Crippen molar-refractivity contribution in [1.29, 1.82) is 0 Å². The molecule has 0 atom stereocenters. The van der Waals surface area contributed by atoms with E-state index < -0.39 is 0 Å². The Balaban J connectivity index is 2.21. The fourth-order valence-corrected chi connectivity index (χ4v) is 2.71. The second kappa shape index (κ2) is 7.08. The van der Waals surface area contributed by atoms with Gasteiger partial charge in [0.05, 0.1) is 5.69 Å². The molecule has 0 fully saturated rings. The summed E-state index contributed by atoms with van der Waals surface area (Å²) >= 11 is 8.21. The van der Waals surface area contributed by atoms with Crippen LogP contribution in [0, 0.1) is 10.5 Å². The lowest BCUT2D eigenvalue weighted by Crippen LogP contribution is -2.05. The van der Waals surface area contributed by atoms with Crippen LogP contribution in [0.5, 0.6) is 0 Å². The monoisotopic (exact) mass is 402 g/mol. The zero-order valence-corrected chi connectivity index (χ0v) is 14.3. The van der Waals surface area contributed by atoms with E-state index in [9.17, 15) is 0 Å². The molecule has 0 radical (unpaired) electrons. The summed E-state index contributed by atoms with van der Waals surface area (Å²) in [7, 11) is 0. The summed E-state index contributed by atoms with van der Waals surface area (Å²) in [6, 6.07) is 7.62. The van der Waals surface area contributed by atoms with E-state index in [1.54, 1.807) is 0 Å². The minimum Gasteiger partial charge on any atom is -0.370 e. The highest BCUT2D eigenvalue weighted by Crippen LogP contribution is 2.25. The number of aromatic nitrogens is 2. The first-order valence-electron chi connectivity index (χ1n) is 6.40. The van der Waals surface area contributed by atoms with Crippen LogP contribution in [0.3, 0.4) is 0 Å². The molecule has 0 saturated heterocycles. The maximum Gasteiger partial charge on any atom is 0.136 e.